The second-order valence-electron chi connectivity index (χ2n) is 5.87. The molecule has 20 heavy (non-hydrogen) atoms. The van der Waals surface area contributed by atoms with Gasteiger partial charge in [0.25, 0.3) is 0 Å². The van der Waals surface area contributed by atoms with Crippen molar-refractivity contribution in [3.8, 4) is 0 Å². The molecule has 1 aromatic carbocycles. The number of rotatable bonds is 3. The molecular formula is C16H22Cl2N2. The van der Waals surface area contributed by atoms with E-state index in [1.54, 1.807) is 0 Å². The van der Waals surface area contributed by atoms with Crippen LogP contribution in [0.5, 0.6) is 0 Å². The Morgan fingerprint density at radius 3 is 2.40 bits per heavy atom. The van der Waals surface area contributed by atoms with Crippen LogP contribution in [-0.4, -0.2) is 37.1 Å². The van der Waals surface area contributed by atoms with E-state index in [2.05, 4.69) is 15.9 Å². The number of nitrogens with zero attached hydrogens (tertiary/aromatic N) is 2. The number of hydrogen-bond acceptors (Lipinski definition) is 2. The van der Waals surface area contributed by atoms with Crippen LogP contribution in [0.1, 0.15) is 31.2 Å². The summed E-state index contributed by atoms with van der Waals surface area (Å²) in [5.41, 5.74) is 2.41. The lowest BCUT2D eigenvalue weighted by molar-refractivity contribution is 0.187. The normalized spacial score (nSPS) is 21.6. The van der Waals surface area contributed by atoms with E-state index in [1.807, 2.05) is 12.1 Å². The molecule has 0 amide bonds. The number of benzene rings is 1. The number of piperazine rings is 1. The van der Waals surface area contributed by atoms with E-state index < -0.39 is 0 Å². The minimum atomic E-state index is 0.527. The second-order valence-corrected chi connectivity index (χ2v) is 6.57. The third-order valence-electron chi connectivity index (χ3n) is 4.68. The van der Waals surface area contributed by atoms with Crippen LogP contribution < -0.4 is 4.90 Å². The Kier molecular flexibility index (Phi) is 4.75. The smallest absolute Gasteiger partial charge is 0.0495 e. The molecule has 2 nitrogen and oxygen atoms in total. The largest absolute Gasteiger partial charge is 0.369 e. The maximum atomic E-state index is 6.06. The molecule has 1 aliphatic heterocycles. The van der Waals surface area contributed by atoms with Gasteiger partial charge in [0.2, 0.25) is 0 Å². The first-order valence-electron chi connectivity index (χ1n) is 7.61. The molecule has 0 aromatic heterocycles. The molecule has 1 aliphatic carbocycles. The number of halogens is 2. The zero-order valence-electron chi connectivity index (χ0n) is 11.8. The Balaban J connectivity index is 1.65. The third-order valence-corrected chi connectivity index (χ3v) is 5.20. The van der Waals surface area contributed by atoms with Crippen LogP contribution in [0.25, 0.3) is 0 Å². The molecule has 1 saturated heterocycles. The van der Waals surface area contributed by atoms with Crippen LogP contribution in [0.2, 0.25) is 5.02 Å². The fourth-order valence-corrected chi connectivity index (χ4v) is 3.98. The van der Waals surface area contributed by atoms with Gasteiger partial charge in [-0.25, -0.2) is 0 Å². The van der Waals surface area contributed by atoms with Gasteiger partial charge in [-0.2, -0.15) is 0 Å². The first-order valence-corrected chi connectivity index (χ1v) is 8.52. The van der Waals surface area contributed by atoms with Crippen LogP contribution in [0, 0.1) is 0 Å². The quantitative estimate of drug-likeness (QED) is 0.774. The van der Waals surface area contributed by atoms with Gasteiger partial charge in [-0.3, -0.25) is 4.90 Å². The number of alkyl halides is 1. The topological polar surface area (TPSA) is 6.48 Å². The van der Waals surface area contributed by atoms with Gasteiger partial charge in [-0.15, -0.1) is 11.6 Å². The highest BCUT2D eigenvalue weighted by molar-refractivity contribution is 6.30. The molecule has 0 bridgehead atoms. The van der Waals surface area contributed by atoms with E-state index >= 15 is 0 Å². The molecular weight excluding hydrogens is 291 g/mol. The summed E-state index contributed by atoms with van der Waals surface area (Å²) in [5.74, 6) is 0.527. The SMILES string of the molecule is ClCc1cc(Cl)ccc1N1CCN(C2CCCC2)CC1. The molecule has 2 fully saturated rings. The average Bonchev–Trinajstić information content (AvgIpc) is 3.01. The van der Waals surface area contributed by atoms with Crippen molar-refractivity contribution < 1.29 is 0 Å². The third kappa shape index (κ3) is 3.08. The van der Waals surface area contributed by atoms with Crippen molar-refractivity contribution in [1.29, 1.82) is 0 Å². The number of hydrogen-bond donors (Lipinski definition) is 0. The van der Waals surface area contributed by atoms with E-state index in [4.69, 9.17) is 23.2 Å². The van der Waals surface area contributed by atoms with Gasteiger partial charge in [0.05, 0.1) is 0 Å². The minimum Gasteiger partial charge on any atom is -0.369 e. The predicted molar refractivity (Wildman–Crippen MR) is 87.1 cm³/mol. The average molecular weight is 313 g/mol. The Hall–Kier alpha value is -0.440. The molecule has 1 heterocycles. The van der Waals surface area contributed by atoms with E-state index in [1.165, 1.54) is 44.5 Å². The summed E-state index contributed by atoms with van der Waals surface area (Å²) in [6, 6.07) is 6.92. The maximum Gasteiger partial charge on any atom is 0.0495 e. The van der Waals surface area contributed by atoms with E-state index in [0.29, 0.717) is 5.88 Å². The first kappa shape index (κ1) is 14.5. The van der Waals surface area contributed by atoms with Crippen molar-refractivity contribution in [2.45, 2.75) is 37.6 Å². The van der Waals surface area contributed by atoms with Crippen molar-refractivity contribution in [3.05, 3.63) is 28.8 Å². The zero-order chi connectivity index (χ0) is 13.9. The van der Waals surface area contributed by atoms with Gasteiger partial charge >= 0.3 is 0 Å². The lowest BCUT2D eigenvalue weighted by Gasteiger charge is -2.39. The summed E-state index contributed by atoms with van der Waals surface area (Å²) in [7, 11) is 0. The van der Waals surface area contributed by atoms with Crippen LogP contribution in [0.3, 0.4) is 0 Å². The predicted octanol–water partition coefficient (Wildman–Crippen LogP) is 4.14. The monoisotopic (exact) mass is 312 g/mol. The Bertz CT molecular complexity index is 450. The van der Waals surface area contributed by atoms with Crippen LogP contribution in [0.4, 0.5) is 5.69 Å². The summed E-state index contributed by atoms with van der Waals surface area (Å²) in [6.45, 7) is 4.55. The van der Waals surface area contributed by atoms with Crippen LogP contribution >= 0.6 is 23.2 Å². The van der Waals surface area contributed by atoms with Gasteiger partial charge in [-0.1, -0.05) is 24.4 Å². The van der Waals surface area contributed by atoms with Gasteiger partial charge in [0.15, 0.2) is 0 Å². The highest BCUT2D eigenvalue weighted by Gasteiger charge is 2.26. The maximum absolute atomic E-state index is 6.06. The zero-order valence-corrected chi connectivity index (χ0v) is 13.3. The van der Waals surface area contributed by atoms with Crippen molar-refractivity contribution in [3.63, 3.8) is 0 Å². The fraction of sp³-hybridized carbons (Fsp3) is 0.625. The highest BCUT2D eigenvalue weighted by Crippen LogP contribution is 2.29. The summed E-state index contributed by atoms with van der Waals surface area (Å²) < 4.78 is 0. The number of anilines is 1. The second kappa shape index (κ2) is 6.55. The first-order chi connectivity index (χ1) is 9.78. The summed E-state index contributed by atoms with van der Waals surface area (Å²) >= 11 is 12.1. The Labute approximate surface area is 131 Å². The van der Waals surface area contributed by atoms with E-state index in [0.717, 1.165) is 29.7 Å². The van der Waals surface area contributed by atoms with Gasteiger partial charge in [-0.05, 0) is 36.6 Å². The summed E-state index contributed by atoms with van der Waals surface area (Å²) in [5, 5.41) is 0.772. The molecule has 0 unspecified atom stereocenters. The van der Waals surface area contributed by atoms with Crippen molar-refractivity contribution in [1.82, 2.24) is 4.90 Å². The van der Waals surface area contributed by atoms with Crippen LogP contribution in [0.15, 0.2) is 18.2 Å². The molecule has 1 saturated carbocycles. The molecule has 110 valence electrons. The molecule has 1 aromatic rings. The minimum absolute atomic E-state index is 0.527. The van der Waals surface area contributed by atoms with Crippen molar-refractivity contribution in [2.24, 2.45) is 0 Å². The molecule has 0 spiro atoms. The molecule has 0 atom stereocenters. The lowest BCUT2D eigenvalue weighted by Crippen LogP contribution is -2.49. The fourth-order valence-electron chi connectivity index (χ4n) is 3.57. The van der Waals surface area contributed by atoms with Crippen molar-refractivity contribution >= 4 is 28.9 Å². The Morgan fingerprint density at radius 1 is 1.05 bits per heavy atom. The molecule has 4 heteroatoms. The molecule has 2 aliphatic rings. The summed E-state index contributed by atoms with van der Waals surface area (Å²) in [6.07, 6.45) is 5.62. The standard InChI is InChI=1S/C16H22Cl2N2/c17-12-13-11-14(18)5-6-16(13)20-9-7-19(8-10-20)15-3-1-2-4-15/h5-6,11,15H,1-4,7-10,12H2. The lowest BCUT2D eigenvalue weighted by atomic mass is 10.1. The molecule has 0 N–H and O–H groups in total. The van der Waals surface area contributed by atoms with Gasteiger partial charge < -0.3 is 4.90 Å². The van der Waals surface area contributed by atoms with Gasteiger partial charge in [0.1, 0.15) is 0 Å². The molecule has 3 rings (SSSR count). The summed E-state index contributed by atoms with van der Waals surface area (Å²) in [4.78, 5) is 5.14. The molecule has 0 radical (unpaired) electrons. The van der Waals surface area contributed by atoms with Crippen molar-refractivity contribution in [2.75, 3.05) is 31.1 Å². The Morgan fingerprint density at radius 2 is 1.75 bits per heavy atom. The van der Waals surface area contributed by atoms with Crippen LogP contribution in [-0.2, 0) is 5.88 Å². The van der Waals surface area contributed by atoms with Gasteiger partial charge in [0, 0.05) is 48.8 Å². The highest BCUT2D eigenvalue weighted by atomic mass is 35.5. The van der Waals surface area contributed by atoms with E-state index in [-0.39, 0.29) is 0 Å². The van der Waals surface area contributed by atoms with E-state index in [9.17, 15) is 0 Å².